The third-order valence-corrected chi connectivity index (χ3v) is 3.49. The van der Waals surface area contributed by atoms with Gasteiger partial charge in [-0.3, -0.25) is 14.9 Å². The molecule has 2 aromatic rings. The van der Waals surface area contributed by atoms with Gasteiger partial charge in [0, 0.05) is 29.8 Å². The number of nitrogens with zero attached hydrogens (tertiary/aromatic N) is 2. The fourth-order valence-electron chi connectivity index (χ4n) is 1.93. The van der Waals surface area contributed by atoms with Crippen LogP contribution in [0.3, 0.4) is 0 Å². The summed E-state index contributed by atoms with van der Waals surface area (Å²) in [6.07, 6.45) is 3.11. The lowest BCUT2D eigenvalue weighted by Crippen LogP contribution is -2.38. The van der Waals surface area contributed by atoms with Gasteiger partial charge in [-0.2, -0.15) is 4.57 Å². The second-order valence-corrected chi connectivity index (χ2v) is 4.99. The molecule has 0 fully saturated rings. The average molecular weight is 344 g/mol. The molecule has 24 heavy (non-hydrogen) atoms. The Morgan fingerprint density at radius 3 is 2.21 bits per heavy atom. The van der Waals surface area contributed by atoms with Crippen molar-refractivity contribution in [1.29, 1.82) is 0 Å². The Labute approximate surface area is 142 Å². The van der Waals surface area contributed by atoms with Gasteiger partial charge in [-0.1, -0.05) is 6.07 Å². The molecular weight excluding hydrogens is 332 g/mol. The molecule has 0 saturated carbocycles. The van der Waals surface area contributed by atoms with E-state index >= 15 is 0 Å². The van der Waals surface area contributed by atoms with Crippen molar-refractivity contribution in [2.45, 2.75) is 0 Å². The number of nitro benzene ring substituents is 1. The number of non-ortho nitro benzene ring substituents is 1. The third-order valence-electron chi connectivity index (χ3n) is 3.11. The molecule has 0 spiro atoms. The van der Waals surface area contributed by atoms with Gasteiger partial charge in [0.1, 0.15) is 0 Å². The van der Waals surface area contributed by atoms with Crippen LogP contribution >= 0.6 is 0 Å². The molecule has 1 aromatic carbocycles. The van der Waals surface area contributed by atoms with E-state index in [4.69, 9.17) is 17.4 Å². The van der Waals surface area contributed by atoms with Crippen molar-refractivity contribution in [2.75, 3.05) is 7.11 Å². The number of hydrogen-bond acceptors (Lipinski definition) is 6. The molecule has 0 amide bonds. The van der Waals surface area contributed by atoms with E-state index in [1.54, 1.807) is 30.6 Å². The lowest BCUT2D eigenvalue weighted by atomic mass is 10.1. The third kappa shape index (κ3) is 3.61. The number of rotatable bonds is 5. The van der Waals surface area contributed by atoms with E-state index in [0.29, 0.717) is 0 Å². The van der Waals surface area contributed by atoms with Gasteiger partial charge in [0.25, 0.3) is 11.4 Å². The highest BCUT2D eigenvalue weighted by Crippen LogP contribution is 2.17. The van der Waals surface area contributed by atoms with Gasteiger partial charge in [0.05, 0.1) is 12.0 Å². The molecule has 0 aliphatic rings. The molecule has 122 valence electrons. The van der Waals surface area contributed by atoms with Crippen LogP contribution in [0.25, 0.3) is 5.70 Å². The Hall–Kier alpha value is -3.13. The van der Waals surface area contributed by atoms with Crippen LogP contribution in [0.1, 0.15) is 10.4 Å². The predicted molar refractivity (Wildman–Crippen MR) is 86.7 cm³/mol. The number of nitro groups is 1. The standard InChI is InChI=1S/C16H12N2O5S/c1-23-16(20)13(17-9-3-2-4-10-17)15(24)14(19)11-5-7-12(8-6-11)18(21)22/h2-10H,1H3. The van der Waals surface area contributed by atoms with Gasteiger partial charge in [-0.05, 0) is 17.0 Å². The largest absolute Gasteiger partial charge is 0.769 e. The molecule has 1 heterocycles. The monoisotopic (exact) mass is 344 g/mol. The van der Waals surface area contributed by atoms with E-state index in [-0.39, 0.29) is 21.9 Å². The summed E-state index contributed by atoms with van der Waals surface area (Å²) in [6.45, 7) is 0. The van der Waals surface area contributed by atoms with Gasteiger partial charge in [0.2, 0.25) is 0 Å². The summed E-state index contributed by atoms with van der Waals surface area (Å²) in [7, 11) is 1.19. The van der Waals surface area contributed by atoms with Gasteiger partial charge in [0.15, 0.2) is 18.2 Å². The number of ketones is 1. The summed E-state index contributed by atoms with van der Waals surface area (Å²) in [5.41, 5.74) is -0.105. The first-order chi connectivity index (χ1) is 11.5. The number of allylic oxidation sites excluding steroid dienone is 1. The summed E-state index contributed by atoms with van der Waals surface area (Å²) in [5, 5.41) is 10.7. The highest BCUT2D eigenvalue weighted by molar-refractivity contribution is 7.65. The van der Waals surface area contributed by atoms with E-state index in [0.717, 1.165) is 0 Å². The number of esters is 1. The maximum atomic E-state index is 12.5. The number of Topliss-reactive ketones (excluding diaryl/α,β-unsaturated/α-hetero) is 1. The molecule has 7 nitrogen and oxygen atoms in total. The lowest BCUT2D eigenvalue weighted by molar-refractivity contribution is -0.578. The zero-order valence-electron chi connectivity index (χ0n) is 12.5. The van der Waals surface area contributed by atoms with Crippen molar-refractivity contribution in [2.24, 2.45) is 0 Å². The fraction of sp³-hybridized carbons (Fsp3) is 0.0625. The van der Waals surface area contributed by atoms with Crippen molar-refractivity contribution in [3.05, 3.63) is 75.4 Å². The van der Waals surface area contributed by atoms with Crippen molar-refractivity contribution in [3.8, 4) is 0 Å². The first kappa shape index (κ1) is 17.2. The predicted octanol–water partition coefficient (Wildman–Crippen LogP) is 1.65. The zero-order chi connectivity index (χ0) is 17.7. The molecule has 0 saturated heterocycles. The fourth-order valence-corrected chi connectivity index (χ4v) is 2.24. The summed E-state index contributed by atoms with van der Waals surface area (Å²) in [4.78, 5) is 34.4. The van der Waals surface area contributed by atoms with Gasteiger partial charge in [-0.15, -0.1) is 0 Å². The Kier molecular flexibility index (Phi) is 5.33. The summed E-state index contributed by atoms with van der Waals surface area (Å²) in [6, 6.07) is 10.1. The molecular formula is C16H12N2O5S. The molecule has 0 aliphatic heterocycles. The van der Waals surface area contributed by atoms with Crippen LogP contribution in [0.2, 0.25) is 0 Å². The first-order valence-corrected chi connectivity index (χ1v) is 7.12. The van der Waals surface area contributed by atoms with E-state index in [9.17, 15) is 19.7 Å². The molecule has 0 aliphatic carbocycles. The molecule has 0 radical (unpaired) electrons. The summed E-state index contributed by atoms with van der Waals surface area (Å²) in [5.74, 6) is -1.36. The smallest absolute Gasteiger partial charge is 0.402 e. The van der Waals surface area contributed by atoms with Crippen molar-refractivity contribution in [3.63, 3.8) is 0 Å². The molecule has 0 atom stereocenters. The van der Waals surface area contributed by atoms with Gasteiger partial charge < -0.3 is 17.4 Å². The minimum Gasteiger partial charge on any atom is -0.769 e. The van der Waals surface area contributed by atoms with Crippen LogP contribution in [0.5, 0.6) is 0 Å². The van der Waals surface area contributed by atoms with E-state index in [1.807, 2.05) is 0 Å². The molecule has 0 N–H and O–H groups in total. The number of carbonyl (C=O) groups is 2. The van der Waals surface area contributed by atoms with E-state index < -0.39 is 16.7 Å². The minimum atomic E-state index is -0.758. The Morgan fingerprint density at radius 2 is 1.71 bits per heavy atom. The zero-order valence-corrected chi connectivity index (χ0v) is 13.4. The Bertz CT molecular complexity index is 816. The maximum absolute atomic E-state index is 12.5. The van der Waals surface area contributed by atoms with E-state index in [2.05, 4.69) is 0 Å². The highest BCUT2D eigenvalue weighted by atomic mass is 32.1. The molecule has 1 aromatic heterocycles. The van der Waals surface area contributed by atoms with E-state index in [1.165, 1.54) is 35.9 Å². The number of pyridine rings is 1. The lowest BCUT2D eigenvalue weighted by Gasteiger charge is -2.12. The van der Waals surface area contributed by atoms with Crippen LogP contribution in [0.4, 0.5) is 5.69 Å². The number of methoxy groups -OCH3 is 1. The van der Waals surface area contributed by atoms with Gasteiger partial charge in [-0.25, -0.2) is 4.79 Å². The number of benzene rings is 1. The maximum Gasteiger partial charge on any atom is 0.402 e. The van der Waals surface area contributed by atoms with Crippen LogP contribution in [0, 0.1) is 10.1 Å². The first-order valence-electron chi connectivity index (χ1n) is 6.71. The second-order valence-electron chi connectivity index (χ2n) is 4.59. The van der Waals surface area contributed by atoms with Crippen molar-refractivity contribution in [1.82, 2.24) is 0 Å². The highest BCUT2D eigenvalue weighted by Gasteiger charge is 2.24. The molecule has 0 bridgehead atoms. The topological polar surface area (TPSA) is 90.4 Å². The quantitative estimate of drug-likeness (QED) is 0.156. The number of carbonyl (C=O) groups excluding carboxylic acids is 2. The van der Waals surface area contributed by atoms with Crippen molar-refractivity contribution >= 4 is 35.8 Å². The summed E-state index contributed by atoms with van der Waals surface area (Å²) >= 11 is 5.15. The number of aromatic nitrogens is 1. The second kappa shape index (κ2) is 7.42. The van der Waals surface area contributed by atoms with Gasteiger partial charge >= 0.3 is 5.97 Å². The molecule has 8 heteroatoms. The summed E-state index contributed by atoms with van der Waals surface area (Å²) < 4.78 is 6.09. The van der Waals surface area contributed by atoms with Crippen LogP contribution < -0.4 is 4.57 Å². The number of hydrogen-bond donors (Lipinski definition) is 0. The van der Waals surface area contributed by atoms with Crippen LogP contribution in [-0.4, -0.2) is 23.8 Å². The Morgan fingerprint density at radius 1 is 1.12 bits per heavy atom. The number of ether oxygens (including phenoxy) is 1. The normalized spacial score (nSPS) is 11.4. The minimum absolute atomic E-state index is 0.101. The average Bonchev–Trinajstić information content (AvgIpc) is 2.62. The van der Waals surface area contributed by atoms with Crippen molar-refractivity contribution < 1.29 is 23.8 Å². The molecule has 0 unspecified atom stereocenters. The van der Waals surface area contributed by atoms with Crippen LogP contribution in [0.15, 0.2) is 59.8 Å². The molecule has 2 rings (SSSR count). The SMILES string of the molecule is COC(=O)/C(=C(/[S-])C(=O)c1ccc([N+](=O)[O-])cc1)[n+]1ccccc1. The Balaban J connectivity index is 2.48. The van der Waals surface area contributed by atoms with Crippen LogP contribution in [-0.2, 0) is 22.2 Å².